The molecule has 116 valence electrons. The van der Waals surface area contributed by atoms with Crippen molar-refractivity contribution in [3.05, 3.63) is 28.2 Å². The summed E-state index contributed by atoms with van der Waals surface area (Å²) in [6, 6.07) is 6.48. The predicted molar refractivity (Wildman–Crippen MR) is 90.8 cm³/mol. The molecule has 1 aliphatic rings. The maximum atomic E-state index is 12.3. The number of nitrogens with one attached hydrogen (secondary N) is 1. The number of carbonyl (C=O) groups excluding carboxylic acids is 1. The molecule has 1 unspecified atom stereocenters. The van der Waals surface area contributed by atoms with E-state index in [-0.39, 0.29) is 6.03 Å². The van der Waals surface area contributed by atoms with E-state index in [9.17, 15) is 4.79 Å². The van der Waals surface area contributed by atoms with Gasteiger partial charge in [-0.05, 0) is 38.0 Å². The number of amides is 2. The Balaban J connectivity index is 1.88. The molecule has 0 spiro atoms. The molecule has 0 saturated carbocycles. The molecular formula is C16H24BrN3O. The monoisotopic (exact) mass is 353 g/mol. The molecule has 1 N–H and O–H groups in total. The first kappa shape index (κ1) is 16.3. The van der Waals surface area contributed by atoms with Gasteiger partial charge in [0, 0.05) is 42.4 Å². The van der Waals surface area contributed by atoms with Crippen LogP contribution in [0.15, 0.2) is 22.7 Å². The van der Waals surface area contributed by atoms with Crippen LogP contribution in [0.4, 0.5) is 10.5 Å². The maximum absolute atomic E-state index is 12.3. The van der Waals surface area contributed by atoms with E-state index >= 15 is 0 Å². The number of carbonyl (C=O) groups is 1. The van der Waals surface area contributed by atoms with Crippen LogP contribution in [0.25, 0.3) is 0 Å². The van der Waals surface area contributed by atoms with Crippen molar-refractivity contribution in [3.63, 3.8) is 0 Å². The molecule has 21 heavy (non-hydrogen) atoms. The molecule has 1 aromatic carbocycles. The number of aryl methyl sites for hydroxylation is 1. The molecule has 5 heteroatoms. The van der Waals surface area contributed by atoms with Gasteiger partial charge >= 0.3 is 6.03 Å². The summed E-state index contributed by atoms with van der Waals surface area (Å²) in [7, 11) is 0. The fraction of sp³-hybridized carbons (Fsp3) is 0.562. The van der Waals surface area contributed by atoms with Gasteiger partial charge in [0.05, 0.1) is 0 Å². The topological polar surface area (TPSA) is 35.6 Å². The number of hydrogen-bond donors (Lipinski definition) is 1. The fourth-order valence-corrected chi connectivity index (χ4v) is 2.88. The molecule has 1 aliphatic heterocycles. The zero-order valence-corrected chi connectivity index (χ0v) is 14.6. The molecule has 1 aromatic rings. The van der Waals surface area contributed by atoms with Crippen molar-refractivity contribution in [1.82, 2.24) is 9.80 Å². The Kier molecular flexibility index (Phi) is 5.65. The largest absolute Gasteiger partial charge is 0.322 e. The zero-order chi connectivity index (χ0) is 15.4. The zero-order valence-electron chi connectivity index (χ0n) is 13.0. The molecule has 4 nitrogen and oxygen atoms in total. The molecule has 0 aromatic heterocycles. The Hall–Kier alpha value is -1.07. The highest BCUT2D eigenvalue weighted by molar-refractivity contribution is 9.10. The Morgan fingerprint density at radius 1 is 1.33 bits per heavy atom. The molecule has 1 atom stereocenters. The van der Waals surface area contributed by atoms with Crippen LogP contribution in [-0.2, 0) is 0 Å². The fourth-order valence-electron chi connectivity index (χ4n) is 2.50. The van der Waals surface area contributed by atoms with E-state index in [2.05, 4.69) is 40.0 Å². The number of rotatable bonds is 3. The molecule has 1 saturated heterocycles. The van der Waals surface area contributed by atoms with Gasteiger partial charge in [0.25, 0.3) is 0 Å². The van der Waals surface area contributed by atoms with Crippen LogP contribution in [0.1, 0.15) is 25.8 Å². The number of nitrogens with zero attached hydrogens (tertiary/aromatic N) is 2. The van der Waals surface area contributed by atoms with Gasteiger partial charge < -0.3 is 10.2 Å². The predicted octanol–water partition coefficient (Wildman–Crippen LogP) is 3.71. The lowest BCUT2D eigenvalue weighted by Crippen LogP contribution is -2.52. The summed E-state index contributed by atoms with van der Waals surface area (Å²) < 4.78 is 1.02. The Morgan fingerprint density at radius 3 is 2.57 bits per heavy atom. The van der Waals surface area contributed by atoms with Gasteiger partial charge in [0.15, 0.2) is 0 Å². The summed E-state index contributed by atoms with van der Waals surface area (Å²) in [5.74, 6) is 0. The first-order valence-electron chi connectivity index (χ1n) is 7.57. The van der Waals surface area contributed by atoms with E-state index in [1.165, 1.54) is 0 Å². The van der Waals surface area contributed by atoms with Crippen molar-refractivity contribution in [2.24, 2.45) is 0 Å². The van der Waals surface area contributed by atoms with E-state index in [1.807, 2.05) is 30.0 Å². The summed E-state index contributed by atoms with van der Waals surface area (Å²) in [6.45, 7) is 9.99. The molecule has 2 rings (SSSR count). The van der Waals surface area contributed by atoms with Crippen molar-refractivity contribution in [2.75, 3.05) is 31.5 Å². The van der Waals surface area contributed by atoms with Crippen LogP contribution in [-0.4, -0.2) is 48.1 Å². The Morgan fingerprint density at radius 2 is 2.00 bits per heavy atom. The van der Waals surface area contributed by atoms with Crippen molar-refractivity contribution in [1.29, 1.82) is 0 Å². The van der Waals surface area contributed by atoms with Gasteiger partial charge in [0.2, 0.25) is 0 Å². The van der Waals surface area contributed by atoms with Crippen molar-refractivity contribution >= 4 is 27.6 Å². The lowest BCUT2D eigenvalue weighted by molar-refractivity contribution is 0.117. The average molecular weight is 354 g/mol. The first-order chi connectivity index (χ1) is 10.0. The van der Waals surface area contributed by atoms with E-state index in [1.54, 1.807) is 0 Å². The summed E-state index contributed by atoms with van der Waals surface area (Å²) in [6.07, 6.45) is 1.16. The van der Waals surface area contributed by atoms with Crippen LogP contribution in [0, 0.1) is 6.92 Å². The van der Waals surface area contributed by atoms with Gasteiger partial charge in [-0.3, -0.25) is 4.90 Å². The maximum Gasteiger partial charge on any atom is 0.321 e. The Bertz CT molecular complexity index is 498. The SMILES string of the molecule is CCC(C)N1CCN(C(=O)Nc2ccc(C)c(Br)c2)CC1. The third kappa shape index (κ3) is 4.20. The number of urea groups is 1. The van der Waals surface area contributed by atoms with Crippen LogP contribution in [0.3, 0.4) is 0 Å². The van der Waals surface area contributed by atoms with E-state index in [0.717, 1.165) is 48.3 Å². The number of benzene rings is 1. The summed E-state index contributed by atoms with van der Waals surface area (Å²) >= 11 is 3.49. The standard InChI is InChI=1S/C16H24BrN3O/c1-4-13(3)19-7-9-20(10-8-19)16(21)18-14-6-5-12(2)15(17)11-14/h5-6,11,13H,4,7-10H2,1-3H3,(H,18,21). The summed E-state index contributed by atoms with van der Waals surface area (Å²) in [4.78, 5) is 16.6. The molecule has 1 fully saturated rings. The molecule has 0 radical (unpaired) electrons. The van der Waals surface area contributed by atoms with E-state index in [4.69, 9.17) is 0 Å². The first-order valence-corrected chi connectivity index (χ1v) is 8.36. The molecule has 0 aliphatic carbocycles. The van der Waals surface area contributed by atoms with E-state index in [0.29, 0.717) is 6.04 Å². The second-order valence-electron chi connectivity index (χ2n) is 5.67. The van der Waals surface area contributed by atoms with Gasteiger partial charge in [-0.15, -0.1) is 0 Å². The molecule has 0 bridgehead atoms. The second kappa shape index (κ2) is 7.27. The molecular weight excluding hydrogens is 330 g/mol. The van der Waals surface area contributed by atoms with Crippen molar-refractivity contribution in [3.8, 4) is 0 Å². The molecule has 1 heterocycles. The normalized spacial score (nSPS) is 17.6. The number of hydrogen-bond acceptors (Lipinski definition) is 2. The highest BCUT2D eigenvalue weighted by Gasteiger charge is 2.23. The number of anilines is 1. The van der Waals surface area contributed by atoms with Crippen LogP contribution >= 0.6 is 15.9 Å². The van der Waals surface area contributed by atoms with Crippen LogP contribution < -0.4 is 5.32 Å². The summed E-state index contributed by atoms with van der Waals surface area (Å²) in [5.41, 5.74) is 2.00. The average Bonchev–Trinajstić information content (AvgIpc) is 2.50. The van der Waals surface area contributed by atoms with Gasteiger partial charge in [-0.1, -0.05) is 28.9 Å². The van der Waals surface area contributed by atoms with Gasteiger partial charge in [-0.2, -0.15) is 0 Å². The highest BCUT2D eigenvalue weighted by atomic mass is 79.9. The summed E-state index contributed by atoms with van der Waals surface area (Å²) in [5, 5.41) is 2.98. The highest BCUT2D eigenvalue weighted by Crippen LogP contribution is 2.21. The third-order valence-electron chi connectivity index (χ3n) is 4.24. The third-order valence-corrected chi connectivity index (χ3v) is 5.09. The second-order valence-corrected chi connectivity index (χ2v) is 6.53. The van der Waals surface area contributed by atoms with Crippen molar-refractivity contribution < 1.29 is 4.79 Å². The smallest absolute Gasteiger partial charge is 0.321 e. The minimum Gasteiger partial charge on any atom is -0.322 e. The number of halogens is 1. The van der Waals surface area contributed by atoms with Crippen LogP contribution in [0.5, 0.6) is 0 Å². The van der Waals surface area contributed by atoms with E-state index < -0.39 is 0 Å². The molecule has 2 amide bonds. The minimum absolute atomic E-state index is 0.00504. The van der Waals surface area contributed by atoms with Crippen molar-refractivity contribution in [2.45, 2.75) is 33.2 Å². The van der Waals surface area contributed by atoms with Gasteiger partial charge in [0.1, 0.15) is 0 Å². The van der Waals surface area contributed by atoms with Gasteiger partial charge in [-0.25, -0.2) is 4.79 Å². The quantitative estimate of drug-likeness (QED) is 0.898. The lowest BCUT2D eigenvalue weighted by Gasteiger charge is -2.37. The number of piperazine rings is 1. The lowest BCUT2D eigenvalue weighted by atomic mass is 10.2. The Labute approximate surface area is 135 Å². The minimum atomic E-state index is -0.00504. The van der Waals surface area contributed by atoms with Crippen LogP contribution in [0.2, 0.25) is 0 Å².